The van der Waals surface area contributed by atoms with Crippen LogP contribution >= 0.6 is 11.8 Å². The van der Waals surface area contributed by atoms with Crippen LogP contribution in [0.5, 0.6) is 0 Å². The van der Waals surface area contributed by atoms with Crippen LogP contribution in [0, 0.1) is 25.2 Å². The van der Waals surface area contributed by atoms with E-state index in [0.717, 1.165) is 22.3 Å². The first-order chi connectivity index (χ1) is 8.61. The maximum absolute atomic E-state index is 8.82. The zero-order chi connectivity index (χ0) is 13.1. The van der Waals surface area contributed by atoms with Crippen molar-refractivity contribution in [3.8, 4) is 6.07 Å². The molecule has 0 fully saturated rings. The maximum atomic E-state index is 8.82. The van der Waals surface area contributed by atoms with Gasteiger partial charge in [-0.15, -0.1) is 10.2 Å². The van der Waals surface area contributed by atoms with Gasteiger partial charge in [-0.25, -0.2) is 0 Å². The van der Waals surface area contributed by atoms with E-state index < -0.39 is 0 Å². The number of benzene rings is 1. The molecule has 0 aliphatic rings. The molecule has 5 heteroatoms. The van der Waals surface area contributed by atoms with Gasteiger partial charge in [0.1, 0.15) is 5.82 Å². The van der Waals surface area contributed by atoms with Crippen LogP contribution in [0.3, 0.4) is 0 Å². The summed E-state index contributed by atoms with van der Waals surface area (Å²) in [6, 6.07) is 7.92. The standard InChI is InChI=1S/C13H14N4S/c1-9-6-11(7-14)4-5-12(9)8-18-13-16-15-10(2)17(13)3/h4-6H,8H2,1-3H3. The predicted octanol–water partition coefficient (Wildman–Crippen LogP) is 2.60. The van der Waals surface area contributed by atoms with Crippen LogP contribution in [0.1, 0.15) is 22.5 Å². The lowest BCUT2D eigenvalue weighted by molar-refractivity contribution is 0.765. The van der Waals surface area contributed by atoms with Gasteiger partial charge in [0.25, 0.3) is 0 Å². The number of hydrogen-bond acceptors (Lipinski definition) is 4. The molecule has 1 heterocycles. The van der Waals surface area contributed by atoms with Crippen molar-refractivity contribution in [2.45, 2.75) is 24.8 Å². The first-order valence-electron chi connectivity index (χ1n) is 5.60. The number of nitriles is 1. The summed E-state index contributed by atoms with van der Waals surface area (Å²) in [4.78, 5) is 0. The van der Waals surface area contributed by atoms with Gasteiger partial charge in [-0.3, -0.25) is 0 Å². The van der Waals surface area contributed by atoms with E-state index in [0.29, 0.717) is 5.56 Å². The lowest BCUT2D eigenvalue weighted by Crippen LogP contribution is -1.94. The molecule has 0 bridgehead atoms. The van der Waals surface area contributed by atoms with E-state index in [4.69, 9.17) is 5.26 Å². The number of hydrogen-bond donors (Lipinski definition) is 0. The Kier molecular flexibility index (Phi) is 3.68. The van der Waals surface area contributed by atoms with Crippen LogP contribution in [-0.4, -0.2) is 14.8 Å². The molecule has 0 atom stereocenters. The zero-order valence-corrected chi connectivity index (χ0v) is 11.5. The largest absolute Gasteiger partial charge is 0.309 e. The Morgan fingerprint density at radius 3 is 2.67 bits per heavy atom. The molecule has 0 radical (unpaired) electrons. The molecule has 18 heavy (non-hydrogen) atoms. The Morgan fingerprint density at radius 1 is 1.33 bits per heavy atom. The van der Waals surface area contributed by atoms with Crippen LogP contribution in [0.15, 0.2) is 23.4 Å². The molecule has 0 aliphatic heterocycles. The van der Waals surface area contributed by atoms with Gasteiger partial charge in [-0.1, -0.05) is 17.8 Å². The van der Waals surface area contributed by atoms with Gasteiger partial charge >= 0.3 is 0 Å². The fraction of sp³-hybridized carbons (Fsp3) is 0.308. The quantitative estimate of drug-likeness (QED) is 0.794. The van der Waals surface area contributed by atoms with E-state index >= 15 is 0 Å². The van der Waals surface area contributed by atoms with E-state index in [1.807, 2.05) is 43.7 Å². The fourth-order valence-electron chi connectivity index (χ4n) is 1.58. The summed E-state index contributed by atoms with van der Waals surface area (Å²) in [5, 5.41) is 17.9. The molecule has 1 aromatic heterocycles. The molecule has 2 aromatic rings. The highest BCUT2D eigenvalue weighted by Gasteiger charge is 2.07. The molecule has 1 aromatic carbocycles. The number of rotatable bonds is 3. The Hall–Kier alpha value is -1.80. The summed E-state index contributed by atoms with van der Waals surface area (Å²) < 4.78 is 1.98. The topological polar surface area (TPSA) is 54.5 Å². The minimum Gasteiger partial charge on any atom is -0.309 e. The molecular formula is C13H14N4S. The molecular weight excluding hydrogens is 244 g/mol. The SMILES string of the molecule is Cc1cc(C#N)ccc1CSc1nnc(C)n1C. The second kappa shape index (κ2) is 5.23. The Balaban J connectivity index is 2.11. The van der Waals surface area contributed by atoms with E-state index in [2.05, 4.69) is 16.3 Å². The van der Waals surface area contributed by atoms with Crippen LogP contribution in [0.2, 0.25) is 0 Å². The normalized spacial score (nSPS) is 10.3. The first-order valence-corrected chi connectivity index (χ1v) is 6.59. The van der Waals surface area contributed by atoms with Gasteiger partial charge in [0, 0.05) is 12.8 Å². The highest BCUT2D eigenvalue weighted by Crippen LogP contribution is 2.23. The van der Waals surface area contributed by atoms with E-state index in [-0.39, 0.29) is 0 Å². The lowest BCUT2D eigenvalue weighted by Gasteiger charge is -2.05. The van der Waals surface area contributed by atoms with Crippen LogP contribution in [0.4, 0.5) is 0 Å². The summed E-state index contributed by atoms with van der Waals surface area (Å²) >= 11 is 1.66. The van der Waals surface area contributed by atoms with Gasteiger partial charge in [0.05, 0.1) is 11.6 Å². The van der Waals surface area contributed by atoms with Crippen molar-refractivity contribution < 1.29 is 0 Å². The molecule has 0 aliphatic carbocycles. The first kappa shape index (κ1) is 12.7. The second-order valence-electron chi connectivity index (χ2n) is 4.13. The molecule has 2 rings (SSSR count). The molecule has 0 unspecified atom stereocenters. The van der Waals surface area contributed by atoms with Crippen molar-refractivity contribution in [1.82, 2.24) is 14.8 Å². The van der Waals surface area contributed by atoms with E-state index in [1.165, 1.54) is 5.56 Å². The van der Waals surface area contributed by atoms with E-state index in [1.54, 1.807) is 11.8 Å². The third-order valence-electron chi connectivity index (χ3n) is 2.88. The molecule has 0 spiro atoms. The highest BCUT2D eigenvalue weighted by atomic mass is 32.2. The lowest BCUT2D eigenvalue weighted by atomic mass is 10.1. The minimum absolute atomic E-state index is 0.704. The Labute approximate surface area is 111 Å². The predicted molar refractivity (Wildman–Crippen MR) is 71.2 cm³/mol. The van der Waals surface area contributed by atoms with Gasteiger partial charge < -0.3 is 4.57 Å². The van der Waals surface area contributed by atoms with Crippen LogP contribution in [0.25, 0.3) is 0 Å². The van der Waals surface area contributed by atoms with Gasteiger partial charge in [-0.05, 0) is 37.1 Å². The third-order valence-corrected chi connectivity index (χ3v) is 3.95. The summed E-state index contributed by atoms with van der Waals surface area (Å²) in [6.45, 7) is 3.96. The summed E-state index contributed by atoms with van der Waals surface area (Å²) in [5.74, 6) is 1.75. The number of aromatic nitrogens is 3. The second-order valence-corrected chi connectivity index (χ2v) is 5.07. The number of nitrogens with zero attached hydrogens (tertiary/aromatic N) is 4. The van der Waals surface area contributed by atoms with E-state index in [9.17, 15) is 0 Å². The summed E-state index contributed by atoms with van der Waals surface area (Å²) in [6.07, 6.45) is 0. The number of thioether (sulfide) groups is 1. The molecule has 0 amide bonds. The molecule has 0 saturated heterocycles. The van der Waals surface area contributed by atoms with Crippen molar-refractivity contribution in [1.29, 1.82) is 5.26 Å². The fourth-order valence-corrected chi connectivity index (χ4v) is 2.62. The monoisotopic (exact) mass is 258 g/mol. The minimum atomic E-state index is 0.704. The number of aryl methyl sites for hydroxylation is 2. The van der Waals surface area contributed by atoms with Gasteiger partial charge in [-0.2, -0.15) is 5.26 Å². The summed E-state index contributed by atoms with van der Waals surface area (Å²) in [5.41, 5.74) is 3.07. The zero-order valence-electron chi connectivity index (χ0n) is 10.6. The van der Waals surface area contributed by atoms with Gasteiger partial charge in [0.2, 0.25) is 0 Å². The molecule has 4 nitrogen and oxygen atoms in total. The van der Waals surface area contributed by atoms with Crippen molar-refractivity contribution in [3.63, 3.8) is 0 Å². The smallest absolute Gasteiger partial charge is 0.191 e. The average Bonchev–Trinajstić information content (AvgIpc) is 2.68. The maximum Gasteiger partial charge on any atom is 0.191 e. The highest BCUT2D eigenvalue weighted by molar-refractivity contribution is 7.98. The average molecular weight is 258 g/mol. The Bertz CT molecular complexity index is 610. The van der Waals surface area contributed by atoms with Crippen LogP contribution < -0.4 is 0 Å². The molecule has 92 valence electrons. The van der Waals surface area contributed by atoms with Crippen molar-refractivity contribution in [2.75, 3.05) is 0 Å². The van der Waals surface area contributed by atoms with Crippen molar-refractivity contribution in [3.05, 3.63) is 40.7 Å². The molecule has 0 N–H and O–H groups in total. The third kappa shape index (κ3) is 2.54. The van der Waals surface area contributed by atoms with Crippen LogP contribution in [-0.2, 0) is 12.8 Å². The van der Waals surface area contributed by atoms with Gasteiger partial charge in [0.15, 0.2) is 5.16 Å². The Morgan fingerprint density at radius 2 is 2.11 bits per heavy atom. The molecule has 0 saturated carbocycles. The summed E-state index contributed by atoms with van der Waals surface area (Å²) in [7, 11) is 1.96. The van der Waals surface area contributed by atoms with Crippen molar-refractivity contribution in [2.24, 2.45) is 7.05 Å². The van der Waals surface area contributed by atoms with Crippen molar-refractivity contribution >= 4 is 11.8 Å².